The highest BCUT2D eigenvalue weighted by atomic mass is 16.6. The molecule has 1 N–H and O–H groups in total. The van der Waals surface area contributed by atoms with Crippen molar-refractivity contribution in [2.24, 2.45) is 0 Å². The van der Waals surface area contributed by atoms with Crippen LogP contribution in [-0.2, 0) is 19.1 Å². The molecule has 0 aliphatic carbocycles. The Labute approximate surface area is 137 Å². The Bertz CT molecular complexity index is 468. The summed E-state index contributed by atoms with van der Waals surface area (Å²) in [4.78, 5) is 37.1. The van der Waals surface area contributed by atoms with Gasteiger partial charge in [0.25, 0.3) is 0 Å². The normalized spacial score (nSPS) is 20.3. The lowest BCUT2D eigenvalue weighted by Gasteiger charge is -2.27. The summed E-state index contributed by atoms with van der Waals surface area (Å²) >= 11 is 0. The number of carbonyl (C=O) groups excluding carboxylic acids is 3. The minimum atomic E-state index is -0.596. The quantitative estimate of drug-likeness (QED) is 0.627. The van der Waals surface area contributed by atoms with Crippen LogP contribution in [0.5, 0.6) is 0 Å². The highest BCUT2D eigenvalue weighted by Gasteiger charge is 2.25. The number of hydrogen-bond acceptors (Lipinski definition) is 5. The fourth-order valence-corrected chi connectivity index (χ4v) is 2.09. The molecule has 1 heterocycles. The summed E-state index contributed by atoms with van der Waals surface area (Å²) in [5, 5.41) is 2.70. The van der Waals surface area contributed by atoms with E-state index in [9.17, 15) is 14.4 Å². The molecule has 130 valence electrons. The van der Waals surface area contributed by atoms with Crippen LogP contribution in [0.4, 0.5) is 4.79 Å². The third-order valence-electron chi connectivity index (χ3n) is 3.03. The van der Waals surface area contributed by atoms with Crippen LogP contribution in [0.25, 0.3) is 0 Å². The van der Waals surface area contributed by atoms with Crippen LogP contribution in [0.1, 0.15) is 40.5 Å². The fraction of sp³-hybridized carbons (Fsp3) is 0.688. The first-order valence-electron chi connectivity index (χ1n) is 7.79. The second-order valence-corrected chi connectivity index (χ2v) is 6.33. The van der Waals surface area contributed by atoms with Crippen LogP contribution < -0.4 is 5.32 Å². The smallest absolute Gasteiger partial charge is 0.407 e. The maximum absolute atomic E-state index is 12.3. The van der Waals surface area contributed by atoms with Crippen LogP contribution in [0, 0.1) is 0 Å². The summed E-state index contributed by atoms with van der Waals surface area (Å²) in [6, 6.07) is -0.362. The molecule has 2 amide bonds. The van der Waals surface area contributed by atoms with E-state index in [1.54, 1.807) is 33.8 Å². The molecule has 7 nitrogen and oxygen atoms in total. The lowest BCUT2D eigenvalue weighted by atomic mass is 10.1. The van der Waals surface area contributed by atoms with Crippen molar-refractivity contribution < 1.29 is 23.9 Å². The van der Waals surface area contributed by atoms with E-state index in [4.69, 9.17) is 9.47 Å². The molecule has 7 heteroatoms. The van der Waals surface area contributed by atoms with Crippen molar-refractivity contribution in [1.29, 1.82) is 0 Å². The van der Waals surface area contributed by atoms with Gasteiger partial charge in [-0.2, -0.15) is 0 Å². The number of ether oxygens (including phenoxy) is 2. The SMILES string of the molecule is CCOC(=O)CN1C/C=C\CC(NC(=O)OC(C)(C)C)CC1=O. The number of rotatable bonds is 4. The molecule has 0 aromatic heterocycles. The summed E-state index contributed by atoms with van der Waals surface area (Å²) in [5.41, 5.74) is -0.596. The van der Waals surface area contributed by atoms with Gasteiger partial charge in [0.05, 0.1) is 6.61 Å². The Morgan fingerprint density at radius 3 is 2.65 bits per heavy atom. The van der Waals surface area contributed by atoms with Crippen molar-refractivity contribution in [3.63, 3.8) is 0 Å². The summed E-state index contributed by atoms with van der Waals surface area (Å²) in [6.07, 6.45) is 3.79. The van der Waals surface area contributed by atoms with Gasteiger partial charge in [0.2, 0.25) is 5.91 Å². The molecule has 23 heavy (non-hydrogen) atoms. The largest absolute Gasteiger partial charge is 0.465 e. The van der Waals surface area contributed by atoms with Gasteiger partial charge in [0.15, 0.2) is 0 Å². The maximum atomic E-state index is 12.3. The second kappa shape index (κ2) is 8.55. The molecule has 1 aliphatic heterocycles. The minimum absolute atomic E-state index is 0.0871. The van der Waals surface area contributed by atoms with E-state index >= 15 is 0 Å². The third kappa shape index (κ3) is 7.67. The van der Waals surface area contributed by atoms with E-state index in [1.807, 2.05) is 6.08 Å². The van der Waals surface area contributed by atoms with Crippen molar-refractivity contribution >= 4 is 18.0 Å². The van der Waals surface area contributed by atoms with Crippen LogP contribution in [-0.4, -0.2) is 54.2 Å². The number of nitrogens with zero attached hydrogens (tertiary/aromatic N) is 1. The lowest BCUT2D eigenvalue weighted by Crippen LogP contribution is -2.44. The van der Waals surface area contributed by atoms with E-state index in [2.05, 4.69) is 5.32 Å². The number of alkyl carbamates (subject to hydrolysis) is 1. The molecule has 0 bridgehead atoms. The number of carbonyl (C=O) groups is 3. The van der Waals surface area contributed by atoms with Crippen LogP contribution in [0.2, 0.25) is 0 Å². The van der Waals surface area contributed by atoms with Gasteiger partial charge < -0.3 is 19.7 Å². The predicted octanol–water partition coefficient (Wildman–Crippen LogP) is 1.62. The van der Waals surface area contributed by atoms with Gasteiger partial charge in [-0.15, -0.1) is 0 Å². The Kier molecular flexibility index (Phi) is 7.06. The maximum Gasteiger partial charge on any atom is 0.407 e. The summed E-state index contributed by atoms with van der Waals surface area (Å²) < 4.78 is 10.1. The number of hydrogen-bond donors (Lipinski definition) is 1. The number of amides is 2. The molecule has 0 spiro atoms. The third-order valence-corrected chi connectivity index (χ3v) is 3.03. The van der Waals surface area contributed by atoms with E-state index in [0.29, 0.717) is 13.0 Å². The molecule has 1 rings (SSSR count). The molecule has 0 radical (unpaired) electrons. The summed E-state index contributed by atoms with van der Waals surface area (Å²) in [7, 11) is 0. The molecule has 1 unspecified atom stereocenters. The standard InChI is InChI=1S/C16H26N2O5/c1-5-22-14(20)11-18-9-7-6-8-12(10-13(18)19)17-15(21)23-16(2,3)4/h6-7,12H,5,8-11H2,1-4H3,(H,17,21)/b7-6-. The van der Waals surface area contributed by atoms with E-state index < -0.39 is 17.7 Å². The van der Waals surface area contributed by atoms with Gasteiger partial charge >= 0.3 is 12.1 Å². The minimum Gasteiger partial charge on any atom is -0.465 e. The lowest BCUT2D eigenvalue weighted by molar-refractivity contribution is -0.148. The zero-order valence-corrected chi connectivity index (χ0v) is 14.3. The summed E-state index contributed by atoms with van der Waals surface area (Å²) in [5.74, 6) is -0.644. The summed E-state index contributed by atoms with van der Waals surface area (Å²) in [6.45, 7) is 7.59. The molecule has 0 fully saturated rings. The van der Waals surface area contributed by atoms with Gasteiger partial charge in [0, 0.05) is 19.0 Å². The Morgan fingerprint density at radius 2 is 2.04 bits per heavy atom. The molecule has 1 aliphatic rings. The van der Waals surface area contributed by atoms with Crippen molar-refractivity contribution in [2.75, 3.05) is 19.7 Å². The molecular formula is C16H26N2O5. The van der Waals surface area contributed by atoms with E-state index in [1.165, 1.54) is 4.90 Å². The molecule has 0 aromatic rings. The fourth-order valence-electron chi connectivity index (χ4n) is 2.09. The zero-order chi connectivity index (χ0) is 17.5. The van der Waals surface area contributed by atoms with Crippen molar-refractivity contribution in [1.82, 2.24) is 10.2 Å². The van der Waals surface area contributed by atoms with Crippen molar-refractivity contribution in [2.45, 2.75) is 52.2 Å². The van der Waals surface area contributed by atoms with Gasteiger partial charge in [-0.05, 0) is 34.1 Å². The predicted molar refractivity (Wildman–Crippen MR) is 84.7 cm³/mol. The second-order valence-electron chi connectivity index (χ2n) is 6.33. The first-order chi connectivity index (χ1) is 10.7. The van der Waals surface area contributed by atoms with Gasteiger partial charge in [-0.3, -0.25) is 9.59 Å². The Hall–Kier alpha value is -2.05. The molecule has 1 atom stereocenters. The van der Waals surface area contributed by atoms with Crippen LogP contribution >= 0.6 is 0 Å². The van der Waals surface area contributed by atoms with Gasteiger partial charge in [0.1, 0.15) is 12.1 Å². The topological polar surface area (TPSA) is 84.9 Å². The van der Waals surface area contributed by atoms with Gasteiger partial charge in [-0.1, -0.05) is 12.2 Å². The highest BCUT2D eigenvalue weighted by Crippen LogP contribution is 2.11. The molecule has 0 saturated heterocycles. The number of esters is 1. The molecule has 0 saturated carbocycles. The Morgan fingerprint density at radius 1 is 1.35 bits per heavy atom. The first kappa shape index (κ1) is 19.0. The molecule has 0 aromatic carbocycles. The molecular weight excluding hydrogens is 300 g/mol. The van der Waals surface area contributed by atoms with Crippen molar-refractivity contribution in [3.05, 3.63) is 12.2 Å². The highest BCUT2D eigenvalue weighted by molar-refractivity contribution is 5.83. The van der Waals surface area contributed by atoms with Crippen molar-refractivity contribution in [3.8, 4) is 0 Å². The average molecular weight is 326 g/mol. The van der Waals surface area contributed by atoms with Gasteiger partial charge in [-0.25, -0.2) is 4.79 Å². The average Bonchev–Trinajstić information content (AvgIpc) is 2.38. The van der Waals surface area contributed by atoms with E-state index in [-0.39, 0.29) is 31.5 Å². The van der Waals surface area contributed by atoms with Crippen LogP contribution in [0.15, 0.2) is 12.2 Å². The van der Waals surface area contributed by atoms with Crippen LogP contribution in [0.3, 0.4) is 0 Å². The first-order valence-corrected chi connectivity index (χ1v) is 7.79. The zero-order valence-electron chi connectivity index (χ0n) is 14.3. The monoisotopic (exact) mass is 326 g/mol. The Balaban J connectivity index is 2.61. The van der Waals surface area contributed by atoms with E-state index in [0.717, 1.165) is 0 Å². The number of nitrogens with one attached hydrogen (secondary N) is 1.